The Bertz CT molecular complexity index is 1550. The molecule has 42 heavy (non-hydrogen) atoms. The highest BCUT2D eigenvalue weighted by Crippen LogP contribution is 2.37. The number of ether oxygens (including phenoxy) is 3. The average molecular weight is 571 g/mol. The van der Waals surface area contributed by atoms with E-state index in [0.29, 0.717) is 39.6 Å². The van der Waals surface area contributed by atoms with Crippen LogP contribution in [-0.4, -0.2) is 55.3 Å². The number of rotatable bonds is 12. The lowest BCUT2D eigenvalue weighted by molar-refractivity contribution is -0.127. The number of halogens is 1. The number of ketones is 2. The molecule has 0 unspecified atom stereocenters. The van der Waals surface area contributed by atoms with Crippen LogP contribution in [0.4, 0.5) is 4.39 Å². The van der Waals surface area contributed by atoms with Gasteiger partial charge in [-0.25, -0.2) is 4.39 Å². The smallest absolute Gasteiger partial charge is 0.166 e. The number of carbonyl (C=O) groups is 2. The molecule has 3 aromatic carbocycles. The van der Waals surface area contributed by atoms with Crippen molar-refractivity contribution in [2.75, 3.05) is 33.9 Å². The predicted molar refractivity (Wildman–Crippen MR) is 159 cm³/mol. The number of likely N-dealkylation sites (tertiary alicyclic amines) is 1. The Hall–Kier alpha value is -4.30. The summed E-state index contributed by atoms with van der Waals surface area (Å²) in [6.07, 6.45) is 4.54. The maximum Gasteiger partial charge on any atom is 0.166 e. The zero-order valence-corrected chi connectivity index (χ0v) is 24.0. The second-order valence-electron chi connectivity index (χ2n) is 10.7. The fourth-order valence-corrected chi connectivity index (χ4v) is 5.50. The molecule has 0 radical (unpaired) electrons. The molecule has 218 valence electrons. The fraction of sp³-hybridized carbons (Fsp3) is 0.324. The molecular formula is C34H35FN2O5. The van der Waals surface area contributed by atoms with Gasteiger partial charge in [-0.05, 0) is 73.7 Å². The Morgan fingerprint density at radius 2 is 1.60 bits per heavy atom. The van der Waals surface area contributed by atoms with E-state index < -0.39 is 5.82 Å². The lowest BCUT2D eigenvalue weighted by Crippen LogP contribution is -2.38. The van der Waals surface area contributed by atoms with Gasteiger partial charge in [0.25, 0.3) is 0 Å². The van der Waals surface area contributed by atoms with Crippen molar-refractivity contribution < 1.29 is 28.2 Å². The van der Waals surface area contributed by atoms with Crippen molar-refractivity contribution in [3.05, 3.63) is 89.9 Å². The number of hydrogen-bond donors (Lipinski definition) is 0. The number of pyridine rings is 1. The third-order valence-electron chi connectivity index (χ3n) is 7.69. The average Bonchev–Trinajstić information content (AvgIpc) is 2.99. The second kappa shape index (κ2) is 13.6. The predicted octanol–water partition coefficient (Wildman–Crippen LogP) is 6.21. The van der Waals surface area contributed by atoms with Gasteiger partial charge in [-0.3, -0.25) is 19.5 Å². The molecule has 0 atom stereocenters. The van der Waals surface area contributed by atoms with E-state index in [1.807, 2.05) is 6.07 Å². The summed E-state index contributed by atoms with van der Waals surface area (Å²) in [7, 11) is 3.07. The molecular weight excluding hydrogens is 535 g/mol. The summed E-state index contributed by atoms with van der Waals surface area (Å²) in [6, 6.07) is 20.0. The third kappa shape index (κ3) is 7.31. The molecule has 0 N–H and O–H groups in total. The zero-order chi connectivity index (χ0) is 29.5. The number of fused-ring (bicyclic) bond motifs is 1. The van der Waals surface area contributed by atoms with Crippen LogP contribution in [-0.2, 0) is 22.4 Å². The van der Waals surface area contributed by atoms with E-state index in [9.17, 15) is 9.59 Å². The van der Waals surface area contributed by atoms with Crippen molar-refractivity contribution in [2.45, 2.75) is 32.1 Å². The first-order valence-electron chi connectivity index (χ1n) is 14.2. The largest absolute Gasteiger partial charge is 0.493 e. The highest BCUT2D eigenvalue weighted by atomic mass is 19.1. The first kappa shape index (κ1) is 29.2. The minimum absolute atomic E-state index is 0.0141. The number of benzene rings is 3. The molecule has 2 heterocycles. The Morgan fingerprint density at radius 1 is 0.857 bits per heavy atom. The summed E-state index contributed by atoms with van der Waals surface area (Å²) < 4.78 is 31.6. The number of piperidine rings is 1. The van der Waals surface area contributed by atoms with Crippen molar-refractivity contribution in [3.8, 4) is 23.0 Å². The van der Waals surface area contributed by atoms with Crippen LogP contribution in [0.2, 0.25) is 0 Å². The highest BCUT2D eigenvalue weighted by molar-refractivity contribution is 6.00. The van der Waals surface area contributed by atoms with Crippen LogP contribution >= 0.6 is 0 Å². The fourth-order valence-electron chi connectivity index (χ4n) is 5.50. The van der Waals surface area contributed by atoms with Crippen LogP contribution in [0, 0.1) is 11.7 Å². The number of carbonyl (C=O) groups excluding carboxylic acids is 2. The summed E-state index contributed by atoms with van der Waals surface area (Å²) in [5.41, 5.74) is 2.44. The van der Waals surface area contributed by atoms with Crippen LogP contribution in [0.1, 0.15) is 30.4 Å². The minimum Gasteiger partial charge on any atom is -0.493 e. The molecule has 0 aliphatic carbocycles. The van der Waals surface area contributed by atoms with E-state index in [1.165, 1.54) is 24.8 Å². The van der Waals surface area contributed by atoms with Gasteiger partial charge in [-0.2, -0.15) is 0 Å². The maximum absolute atomic E-state index is 15.0. The Morgan fingerprint density at radius 3 is 2.31 bits per heavy atom. The molecule has 0 saturated carbocycles. The summed E-state index contributed by atoms with van der Waals surface area (Å²) >= 11 is 0. The minimum atomic E-state index is -0.601. The molecule has 1 aromatic heterocycles. The molecule has 5 rings (SSSR count). The topological polar surface area (TPSA) is 78.0 Å². The summed E-state index contributed by atoms with van der Waals surface area (Å²) in [4.78, 5) is 31.7. The van der Waals surface area contributed by atoms with E-state index in [1.54, 1.807) is 37.6 Å². The molecule has 0 amide bonds. The van der Waals surface area contributed by atoms with Gasteiger partial charge < -0.3 is 14.2 Å². The van der Waals surface area contributed by atoms with Gasteiger partial charge in [-0.15, -0.1) is 0 Å². The number of Topliss-reactive ketones (excluding diaryl/α,β-unsaturated/α-hetero) is 2. The Labute approximate surface area is 245 Å². The van der Waals surface area contributed by atoms with Crippen molar-refractivity contribution in [1.82, 2.24) is 9.88 Å². The Kier molecular flexibility index (Phi) is 9.44. The van der Waals surface area contributed by atoms with Crippen molar-refractivity contribution >= 4 is 22.5 Å². The molecule has 8 heteroatoms. The van der Waals surface area contributed by atoms with Crippen LogP contribution in [0.15, 0.2) is 72.9 Å². The van der Waals surface area contributed by atoms with Crippen LogP contribution in [0.5, 0.6) is 23.0 Å². The van der Waals surface area contributed by atoms with E-state index >= 15 is 4.39 Å². The third-order valence-corrected chi connectivity index (χ3v) is 7.69. The number of methoxy groups -OCH3 is 2. The number of hydrogen-bond acceptors (Lipinski definition) is 7. The summed E-state index contributed by atoms with van der Waals surface area (Å²) in [6.45, 7) is 2.00. The van der Waals surface area contributed by atoms with Gasteiger partial charge >= 0.3 is 0 Å². The van der Waals surface area contributed by atoms with Gasteiger partial charge in [-0.1, -0.05) is 36.4 Å². The second-order valence-corrected chi connectivity index (χ2v) is 10.7. The first-order valence-corrected chi connectivity index (χ1v) is 14.2. The first-order chi connectivity index (χ1) is 20.4. The quantitative estimate of drug-likeness (QED) is 0.188. The van der Waals surface area contributed by atoms with Gasteiger partial charge in [0, 0.05) is 24.1 Å². The van der Waals surface area contributed by atoms with Gasteiger partial charge in [0.05, 0.1) is 32.7 Å². The van der Waals surface area contributed by atoms with Gasteiger partial charge in [0.2, 0.25) is 0 Å². The monoisotopic (exact) mass is 570 g/mol. The van der Waals surface area contributed by atoms with Crippen LogP contribution in [0.3, 0.4) is 0 Å². The molecule has 1 fully saturated rings. The van der Waals surface area contributed by atoms with E-state index in [4.69, 9.17) is 14.2 Å². The van der Waals surface area contributed by atoms with Crippen molar-refractivity contribution in [2.24, 2.45) is 5.92 Å². The van der Waals surface area contributed by atoms with Gasteiger partial charge in [0.1, 0.15) is 11.5 Å². The zero-order valence-electron chi connectivity index (χ0n) is 24.0. The molecule has 7 nitrogen and oxygen atoms in total. The normalized spacial score (nSPS) is 14.1. The summed E-state index contributed by atoms with van der Waals surface area (Å²) in [5.74, 6) is 1.13. The van der Waals surface area contributed by atoms with Crippen LogP contribution in [0.25, 0.3) is 10.9 Å². The number of nitrogens with zero attached hydrogens (tertiary/aromatic N) is 2. The molecule has 1 aliphatic heterocycles. The van der Waals surface area contributed by atoms with Gasteiger partial charge in [0.15, 0.2) is 28.8 Å². The number of aromatic nitrogens is 1. The van der Waals surface area contributed by atoms with Crippen LogP contribution < -0.4 is 14.2 Å². The SMILES string of the molecule is COc1cc2nccc(Oc3ccc(CC(=O)CC(=O)CN4CCC(Cc5ccccc5)CC4)cc3F)c2cc1OC. The van der Waals surface area contributed by atoms with Crippen molar-refractivity contribution in [3.63, 3.8) is 0 Å². The molecule has 0 bridgehead atoms. The molecule has 1 aliphatic rings. The molecule has 4 aromatic rings. The maximum atomic E-state index is 15.0. The standard InChI is InChI=1S/C34H35FN2O5/c1-40-33-20-28-30(21-34(33)41-2)36-13-10-31(28)42-32-9-8-25(18-29(32)35)17-26(38)19-27(39)22-37-14-11-24(12-15-37)16-23-6-4-3-5-7-23/h3-10,13,18,20-21,24H,11-12,14-17,19,22H2,1-2H3. The van der Waals surface area contributed by atoms with E-state index in [-0.39, 0.29) is 36.7 Å². The molecule has 1 saturated heterocycles. The summed E-state index contributed by atoms with van der Waals surface area (Å²) in [5, 5.41) is 0.632. The van der Waals surface area contributed by atoms with Crippen molar-refractivity contribution in [1.29, 1.82) is 0 Å². The molecule has 0 spiro atoms. The van der Waals surface area contributed by atoms with E-state index in [0.717, 1.165) is 32.4 Å². The Balaban J connectivity index is 1.13. The lowest BCUT2D eigenvalue weighted by Gasteiger charge is -2.31. The highest BCUT2D eigenvalue weighted by Gasteiger charge is 2.22. The lowest BCUT2D eigenvalue weighted by atomic mass is 9.90. The van der Waals surface area contributed by atoms with E-state index in [2.05, 4.69) is 34.1 Å².